The molecular formula is C7H6F2N. The first-order chi connectivity index (χ1) is 4.74. The standard InChI is InChI=1S/C7H6F2N/c8-6-2-1-5(4-10)7(9)3-6/h1-4H,10H2. The monoisotopic (exact) mass is 142 g/mol. The van der Waals surface area contributed by atoms with Gasteiger partial charge in [-0.05, 0) is 6.07 Å². The van der Waals surface area contributed by atoms with Crippen LogP contribution in [-0.4, -0.2) is 0 Å². The summed E-state index contributed by atoms with van der Waals surface area (Å²) < 4.78 is 24.7. The van der Waals surface area contributed by atoms with Gasteiger partial charge in [0.2, 0.25) is 0 Å². The molecule has 0 amide bonds. The lowest BCUT2D eigenvalue weighted by Crippen LogP contribution is -1.96. The van der Waals surface area contributed by atoms with Crippen LogP contribution in [0.2, 0.25) is 0 Å². The van der Waals surface area contributed by atoms with Crippen LogP contribution in [0.15, 0.2) is 18.2 Å². The van der Waals surface area contributed by atoms with Crippen LogP contribution in [-0.2, 0) is 0 Å². The Balaban J connectivity index is 3.07. The van der Waals surface area contributed by atoms with E-state index in [1.807, 2.05) is 0 Å². The molecule has 0 atom stereocenters. The zero-order valence-corrected chi connectivity index (χ0v) is 5.14. The first kappa shape index (κ1) is 7.15. The van der Waals surface area contributed by atoms with Crippen molar-refractivity contribution in [3.05, 3.63) is 41.9 Å². The molecule has 1 radical (unpaired) electrons. The van der Waals surface area contributed by atoms with Crippen molar-refractivity contribution in [1.82, 2.24) is 0 Å². The van der Waals surface area contributed by atoms with E-state index in [1.165, 1.54) is 6.07 Å². The fourth-order valence-corrected chi connectivity index (χ4v) is 0.637. The van der Waals surface area contributed by atoms with Crippen molar-refractivity contribution in [3.8, 4) is 0 Å². The Morgan fingerprint density at radius 1 is 1.30 bits per heavy atom. The highest BCUT2D eigenvalue weighted by molar-refractivity contribution is 5.23. The molecule has 0 aliphatic heterocycles. The van der Waals surface area contributed by atoms with Crippen molar-refractivity contribution in [2.45, 2.75) is 0 Å². The molecule has 2 N–H and O–H groups in total. The molecule has 0 saturated carbocycles. The first-order valence-electron chi connectivity index (χ1n) is 2.74. The molecule has 0 spiro atoms. The largest absolute Gasteiger partial charge is 0.322 e. The molecule has 10 heavy (non-hydrogen) atoms. The molecule has 0 aliphatic rings. The van der Waals surface area contributed by atoms with Crippen LogP contribution in [0.25, 0.3) is 0 Å². The SMILES string of the molecule is N[CH]c1ccc(F)cc1F. The van der Waals surface area contributed by atoms with E-state index >= 15 is 0 Å². The quantitative estimate of drug-likeness (QED) is 0.630. The van der Waals surface area contributed by atoms with Gasteiger partial charge in [0, 0.05) is 11.6 Å². The molecule has 0 aliphatic carbocycles. The minimum Gasteiger partial charge on any atom is -0.322 e. The van der Waals surface area contributed by atoms with Gasteiger partial charge < -0.3 is 5.73 Å². The highest BCUT2D eigenvalue weighted by Crippen LogP contribution is 2.08. The minimum absolute atomic E-state index is 0.210. The number of nitrogens with two attached hydrogens (primary N) is 1. The molecule has 1 rings (SSSR count). The van der Waals surface area contributed by atoms with Crippen molar-refractivity contribution in [1.29, 1.82) is 0 Å². The predicted octanol–water partition coefficient (Wildman–Crippen LogP) is 1.43. The maximum absolute atomic E-state index is 12.5. The summed E-state index contributed by atoms with van der Waals surface area (Å²) in [4.78, 5) is 0. The van der Waals surface area contributed by atoms with Crippen LogP contribution < -0.4 is 5.73 Å². The third-order valence-electron chi connectivity index (χ3n) is 1.14. The van der Waals surface area contributed by atoms with E-state index in [-0.39, 0.29) is 5.56 Å². The van der Waals surface area contributed by atoms with Crippen LogP contribution in [0.1, 0.15) is 5.56 Å². The van der Waals surface area contributed by atoms with Gasteiger partial charge in [-0.1, -0.05) is 6.07 Å². The maximum Gasteiger partial charge on any atom is 0.130 e. The summed E-state index contributed by atoms with van der Waals surface area (Å²) in [6.45, 7) is 1.09. The van der Waals surface area contributed by atoms with Crippen LogP contribution in [0, 0.1) is 18.2 Å². The Bertz CT molecular complexity index is 235. The second kappa shape index (κ2) is 2.75. The molecule has 0 bridgehead atoms. The molecule has 53 valence electrons. The van der Waals surface area contributed by atoms with Crippen LogP contribution in [0.3, 0.4) is 0 Å². The molecule has 0 fully saturated rings. The van der Waals surface area contributed by atoms with Crippen molar-refractivity contribution >= 4 is 0 Å². The molecule has 3 heteroatoms. The zero-order chi connectivity index (χ0) is 7.56. The van der Waals surface area contributed by atoms with E-state index in [1.54, 1.807) is 0 Å². The van der Waals surface area contributed by atoms with Gasteiger partial charge in [-0.3, -0.25) is 0 Å². The lowest BCUT2D eigenvalue weighted by molar-refractivity contribution is 0.578. The fourth-order valence-electron chi connectivity index (χ4n) is 0.637. The van der Waals surface area contributed by atoms with Crippen LogP contribution >= 0.6 is 0 Å². The van der Waals surface area contributed by atoms with E-state index in [4.69, 9.17) is 5.73 Å². The molecule has 1 nitrogen and oxygen atoms in total. The number of hydrogen-bond acceptors (Lipinski definition) is 1. The summed E-state index contributed by atoms with van der Waals surface area (Å²) in [5, 5.41) is 0. The number of halogens is 2. The Kier molecular flexibility index (Phi) is 1.97. The summed E-state index contributed by atoms with van der Waals surface area (Å²) >= 11 is 0. The normalized spacial score (nSPS) is 9.90. The molecule has 0 aromatic heterocycles. The van der Waals surface area contributed by atoms with Gasteiger partial charge >= 0.3 is 0 Å². The highest BCUT2D eigenvalue weighted by atomic mass is 19.1. The Morgan fingerprint density at radius 2 is 2.00 bits per heavy atom. The van der Waals surface area contributed by atoms with Crippen molar-refractivity contribution in [3.63, 3.8) is 0 Å². The maximum atomic E-state index is 12.5. The molecule has 1 aromatic rings. The van der Waals surface area contributed by atoms with Gasteiger partial charge in [0.15, 0.2) is 0 Å². The second-order valence-corrected chi connectivity index (χ2v) is 1.83. The van der Waals surface area contributed by atoms with Gasteiger partial charge in [-0.15, -0.1) is 0 Å². The Hall–Kier alpha value is -0.960. The lowest BCUT2D eigenvalue weighted by atomic mass is 10.2. The molecule has 0 saturated heterocycles. The summed E-state index contributed by atoms with van der Waals surface area (Å²) in [5.74, 6) is -1.23. The topological polar surface area (TPSA) is 26.0 Å². The summed E-state index contributed by atoms with van der Waals surface area (Å²) in [5.41, 5.74) is 5.22. The summed E-state index contributed by atoms with van der Waals surface area (Å²) in [7, 11) is 0. The lowest BCUT2D eigenvalue weighted by Gasteiger charge is -1.96. The Labute approximate surface area is 57.5 Å². The molecule has 0 heterocycles. The van der Waals surface area contributed by atoms with Crippen molar-refractivity contribution in [2.75, 3.05) is 0 Å². The number of benzene rings is 1. The smallest absolute Gasteiger partial charge is 0.130 e. The summed E-state index contributed by atoms with van der Waals surface area (Å²) in [6, 6.07) is 3.23. The second-order valence-electron chi connectivity index (χ2n) is 1.83. The fraction of sp³-hybridized carbons (Fsp3) is 0. The third kappa shape index (κ3) is 1.30. The van der Waals surface area contributed by atoms with Gasteiger partial charge in [0.1, 0.15) is 11.6 Å². The van der Waals surface area contributed by atoms with Gasteiger partial charge in [0.05, 0.1) is 6.54 Å². The molecular weight excluding hydrogens is 136 g/mol. The Morgan fingerprint density at radius 3 is 2.50 bits per heavy atom. The van der Waals surface area contributed by atoms with Crippen LogP contribution in [0.4, 0.5) is 8.78 Å². The van der Waals surface area contributed by atoms with Gasteiger partial charge in [-0.25, -0.2) is 8.78 Å². The average molecular weight is 142 g/mol. The zero-order valence-electron chi connectivity index (χ0n) is 5.14. The number of rotatable bonds is 1. The minimum atomic E-state index is -0.637. The van der Waals surface area contributed by atoms with Gasteiger partial charge in [0.25, 0.3) is 0 Å². The van der Waals surface area contributed by atoms with E-state index in [0.29, 0.717) is 0 Å². The summed E-state index contributed by atoms with van der Waals surface area (Å²) in [6.07, 6.45) is 0. The number of hydrogen-bond donors (Lipinski definition) is 1. The van der Waals surface area contributed by atoms with Crippen molar-refractivity contribution < 1.29 is 8.78 Å². The van der Waals surface area contributed by atoms with E-state index in [2.05, 4.69) is 0 Å². The third-order valence-corrected chi connectivity index (χ3v) is 1.14. The highest BCUT2D eigenvalue weighted by Gasteiger charge is 1.99. The molecule has 0 unspecified atom stereocenters. The van der Waals surface area contributed by atoms with E-state index < -0.39 is 11.6 Å². The van der Waals surface area contributed by atoms with Crippen molar-refractivity contribution in [2.24, 2.45) is 5.73 Å². The van der Waals surface area contributed by atoms with Crippen LogP contribution in [0.5, 0.6) is 0 Å². The first-order valence-corrected chi connectivity index (χ1v) is 2.74. The van der Waals surface area contributed by atoms with Gasteiger partial charge in [-0.2, -0.15) is 0 Å². The van der Waals surface area contributed by atoms with E-state index in [0.717, 1.165) is 18.7 Å². The average Bonchev–Trinajstić information content (AvgIpc) is 1.88. The van der Waals surface area contributed by atoms with E-state index in [9.17, 15) is 8.78 Å². The molecule has 1 aromatic carbocycles. The predicted molar refractivity (Wildman–Crippen MR) is 33.9 cm³/mol.